The predicted molar refractivity (Wildman–Crippen MR) is 71.1 cm³/mol. The van der Waals surface area contributed by atoms with Crippen molar-refractivity contribution in [1.29, 1.82) is 0 Å². The molecule has 2 heterocycles. The van der Waals surface area contributed by atoms with E-state index < -0.39 is 0 Å². The Balaban J connectivity index is 1.63. The molecule has 1 amide bonds. The topological polar surface area (TPSA) is 78.3 Å². The van der Waals surface area contributed by atoms with Crippen LogP contribution in [-0.2, 0) is 20.8 Å². The van der Waals surface area contributed by atoms with Crippen LogP contribution in [0.25, 0.3) is 11.0 Å². The van der Waals surface area contributed by atoms with E-state index in [4.69, 9.17) is 9.47 Å². The maximum atomic E-state index is 12.0. The Morgan fingerprint density at radius 2 is 2.10 bits per heavy atom. The van der Waals surface area contributed by atoms with E-state index in [-0.39, 0.29) is 24.6 Å². The van der Waals surface area contributed by atoms with E-state index in [1.807, 2.05) is 24.3 Å². The van der Waals surface area contributed by atoms with Gasteiger partial charge in [0.25, 0.3) is 0 Å². The molecule has 0 aliphatic carbocycles. The van der Waals surface area contributed by atoms with E-state index in [9.17, 15) is 4.79 Å². The fourth-order valence-electron chi connectivity index (χ4n) is 2.26. The van der Waals surface area contributed by atoms with Crippen LogP contribution in [0.4, 0.5) is 0 Å². The molecule has 3 rings (SSSR count). The van der Waals surface area contributed by atoms with Crippen LogP contribution in [0, 0.1) is 0 Å². The fourth-order valence-corrected chi connectivity index (χ4v) is 2.26. The van der Waals surface area contributed by atoms with Crippen LogP contribution < -0.4 is 5.32 Å². The molecule has 2 aromatic rings. The van der Waals surface area contributed by atoms with Crippen molar-refractivity contribution in [3.63, 3.8) is 0 Å². The first kappa shape index (κ1) is 13.0. The zero-order valence-electron chi connectivity index (χ0n) is 11.2. The SMILES string of the molecule is CO[C@H]1COC[C@@H]1NC(=O)Cn1nc2ccccc2n1. The number of nitrogens with one attached hydrogen (secondary N) is 1. The second-order valence-electron chi connectivity index (χ2n) is 4.70. The Labute approximate surface area is 115 Å². The van der Waals surface area contributed by atoms with E-state index in [1.54, 1.807) is 7.11 Å². The Morgan fingerprint density at radius 1 is 1.40 bits per heavy atom. The molecule has 1 N–H and O–H groups in total. The van der Waals surface area contributed by atoms with Crippen molar-refractivity contribution in [3.8, 4) is 0 Å². The zero-order chi connectivity index (χ0) is 13.9. The monoisotopic (exact) mass is 276 g/mol. The summed E-state index contributed by atoms with van der Waals surface area (Å²) in [6, 6.07) is 7.39. The second kappa shape index (κ2) is 5.56. The number of fused-ring (bicyclic) bond motifs is 1. The molecular formula is C13H16N4O3. The molecule has 0 saturated carbocycles. The van der Waals surface area contributed by atoms with Crippen LogP contribution in [0.2, 0.25) is 0 Å². The van der Waals surface area contributed by atoms with Crippen molar-refractivity contribution < 1.29 is 14.3 Å². The van der Waals surface area contributed by atoms with Gasteiger partial charge in [-0.15, -0.1) is 0 Å². The summed E-state index contributed by atoms with van der Waals surface area (Å²) < 4.78 is 10.5. The molecule has 1 aromatic carbocycles. The lowest BCUT2D eigenvalue weighted by molar-refractivity contribution is -0.123. The number of benzene rings is 1. The van der Waals surface area contributed by atoms with Gasteiger partial charge in [0, 0.05) is 7.11 Å². The largest absolute Gasteiger partial charge is 0.377 e. The number of ether oxygens (including phenoxy) is 2. The highest BCUT2D eigenvalue weighted by atomic mass is 16.5. The summed E-state index contributed by atoms with van der Waals surface area (Å²) in [4.78, 5) is 13.4. The third-order valence-corrected chi connectivity index (χ3v) is 3.29. The molecule has 1 saturated heterocycles. The Morgan fingerprint density at radius 3 is 2.75 bits per heavy atom. The van der Waals surface area contributed by atoms with Crippen LogP contribution in [0.1, 0.15) is 0 Å². The summed E-state index contributed by atoms with van der Waals surface area (Å²) in [5.41, 5.74) is 1.55. The quantitative estimate of drug-likeness (QED) is 0.848. The van der Waals surface area contributed by atoms with Gasteiger partial charge in [0.2, 0.25) is 5.91 Å². The van der Waals surface area contributed by atoms with Gasteiger partial charge in [-0.25, -0.2) is 0 Å². The van der Waals surface area contributed by atoms with E-state index in [1.165, 1.54) is 4.80 Å². The number of carbonyl (C=O) groups excluding carboxylic acids is 1. The van der Waals surface area contributed by atoms with Gasteiger partial charge < -0.3 is 14.8 Å². The first-order chi connectivity index (χ1) is 9.76. The van der Waals surface area contributed by atoms with Crippen LogP contribution in [0.5, 0.6) is 0 Å². The molecule has 20 heavy (non-hydrogen) atoms. The molecule has 0 spiro atoms. The molecule has 7 nitrogen and oxygen atoms in total. The lowest BCUT2D eigenvalue weighted by Gasteiger charge is -2.17. The summed E-state index contributed by atoms with van der Waals surface area (Å²) in [6.07, 6.45) is -0.0939. The molecule has 7 heteroatoms. The third-order valence-electron chi connectivity index (χ3n) is 3.29. The van der Waals surface area contributed by atoms with Gasteiger partial charge in [-0.05, 0) is 12.1 Å². The lowest BCUT2D eigenvalue weighted by Crippen LogP contribution is -2.44. The number of hydrogen-bond donors (Lipinski definition) is 1. The highest BCUT2D eigenvalue weighted by Gasteiger charge is 2.29. The van der Waals surface area contributed by atoms with Gasteiger partial charge in [0.1, 0.15) is 23.7 Å². The number of hydrogen-bond acceptors (Lipinski definition) is 5. The minimum atomic E-state index is -0.150. The maximum Gasteiger partial charge on any atom is 0.243 e. The van der Waals surface area contributed by atoms with Crippen LogP contribution in [0.3, 0.4) is 0 Å². The van der Waals surface area contributed by atoms with Gasteiger partial charge in [0.15, 0.2) is 0 Å². The van der Waals surface area contributed by atoms with Crippen LogP contribution >= 0.6 is 0 Å². The van der Waals surface area contributed by atoms with E-state index in [0.717, 1.165) is 11.0 Å². The lowest BCUT2D eigenvalue weighted by atomic mass is 10.2. The number of aromatic nitrogens is 3. The third kappa shape index (κ3) is 2.63. The summed E-state index contributed by atoms with van der Waals surface area (Å²) in [6.45, 7) is 1.06. The Kier molecular flexibility index (Phi) is 3.62. The summed E-state index contributed by atoms with van der Waals surface area (Å²) >= 11 is 0. The van der Waals surface area contributed by atoms with Gasteiger partial charge >= 0.3 is 0 Å². The summed E-state index contributed by atoms with van der Waals surface area (Å²) in [5.74, 6) is -0.150. The minimum absolute atomic E-state index is 0.0849. The molecule has 1 aliphatic heterocycles. The summed E-state index contributed by atoms with van der Waals surface area (Å²) in [7, 11) is 1.61. The molecule has 0 unspecified atom stereocenters. The first-order valence-corrected chi connectivity index (χ1v) is 6.46. The van der Waals surface area contributed by atoms with Gasteiger partial charge in [-0.1, -0.05) is 12.1 Å². The van der Waals surface area contributed by atoms with Crippen molar-refractivity contribution >= 4 is 16.9 Å². The highest BCUT2D eigenvalue weighted by Crippen LogP contribution is 2.09. The standard InChI is InChI=1S/C13H16N4O3/c1-19-12-8-20-7-11(12)14-13(18)6-17-15-9-4-2-3-5-10(9)16-17/h2-5,11-12H,6-8H2,1H3,(H,14,18)/t11-,12-/m0/s1. The predicted octanol–water partition coefficient (Wildman–Crippen LogP) is -0.0387. The number of amides is 1. The van der Waals surface area contributed by atoms with Crippen molar-refractivity contribution in [1.82, 2.24) is 20.3 Å². The molecule has 2 atom stereocenters. The van der Waals surface area contributed by atoms with Gasteiger partial charge in [-0.2, -0.15) is 15.0 Å². The van der Waals surface area contributed by atoms with Crippen molar-refractivity contribution in [2.75, 3.05) is 20.3 Å². The number of nitrogens with zero attached hydrogens (tertiary/aromatic N) is 3. The Bertz CT molecular complexity index is 579. The van der Waals surface area contributed by atoms with Gasteiger partial charge in [0.05, 0.1) is 19.3 Å². The number of methoxy groups -OCH3 is 1. The van der Waals surface area contributed by atoms with E-state index >= 15 is 0 Å². The molecule has 1 aromatic heterocycles. The van der Waals surface area contributed by atoms with E-state index in [2.05, 4.69) is 15.5 Å². The van der Waals surface area contributed by atoms with Crippen LogP contribution in [0.15, 0.2) is 24.3 Å². The molecule has 1 fully saturated rings. The Hall–Kier alpha value is -1.99. The molecule has 0 bridgehead atoms. The smallest absolute Gasteiger partial charge is 0.243 e. The molecule has 106 valence electrons. The normalized spacial score (nSPS) is 22.2. The zero-order valence-corrected chi connectivity index (χ0v) is 11.2. The molecule has 0 radical (unpaired) electrons. The average molecular weight is 276 g/mol. The van der Waals surface area contributed by atoms with Crippen molar-refractivity contribution in [2.45, 2.75) is 18.7 Å². The minimum Gasteiger partial charge on any atom is -0.377 e. The second-order valence-corrected chi connectivity index (χ2v) is 4.70. The number of carbonyl (C=O) groups is 1. The summed E-state index contributed by atoms with van der Waals surface area (Å²) in [5, 5.41) is 11.4. The molecular weight excluding hydrogens is 260 g/mol. The average Bonchev–Trinajstić information content (AvgIpc) is 3.03. The highest BCUT2D eigenvalue weighted by molar-refractivity contribution is 5.77. The maximum absolute atomic E-state index is 12.0. The van der Waals surface area contributed by atoms with Crippen LogP contribution in [-0.4, -0.2) is 53.4 Å². The number of rotatable bonds is 4. The fraction of sp³-hybridized carbons (Fsp3) is 0.462. The molecule has 1 aliphatic rings. The first-order valence-electron chi connectivity index (χ1n) is 6.46. The van der Waals surface area contributed by atoms with Crippen molar-refractivity contribution in [3.05, 3.63) is 24.3 Å². The van der Waals surface area contributed by atoms with Crippen molar-refractivity contribution in [2.24, 2.45) is 0 Å². The van der Waals surface area contributed by atoms with E-state index in [0.29, 0.717) is 13.2 Å². The van der Waals surface area contributed by atoms with Gasteiger partial charge in [-0.3, -0.25) is 4.79 Å².